The largest absolute Gasteiger partial charge is 0.356 e. The Balaban J connectivity index is 1.97. The maximum atomic E-state index is 11.7. The van der Waals surface area contributed by atoms with E-state index in [1.54, 1.807) is 0 Å². The molecule has 2 aromatic rings. The third-order valence-corrected chi connectivity index (χ3v) is 4.04. The molecular formula is C16H19N3O2S. The predicted molar refractivity (Wildman–Crippen MR) is 89.0 cm³/mol. The molecule has 1 heterocycles. The van der Waals surface area contributed by atoms with Crippen LogP contribution >= 0.6 is 11.3 Å². The summed E-state index contributed by atoms with van der Waals surface area (Å²) in [6, 6.07) is 6.18. The number of anilines is 1. The van der Waals surface area contributed by atoms with Crippen molar-refractivity contribution in [2.75, 3.05) is 11.9 Å². The van der Waals surface area contributed by atoms with Crippen LogP contribution in [0.5, 0.6) is 0 Å². The maximum Gasteiger partial charge on any atom is 0.227 e. The lowest BCUT2D eigenvalue weighted by atomic mass is 10.1. The highest BCUT2D eigenvalue weighted by molar-refractivity contribution is 7.14. The van der Waals surface area contributed by atoms with Gasteiger partial charge in [-0.3, -0.25) is 9.59 Å². The molecular weight excluding hydrogens is 298 g/mol. The number of amides is 2. The van der Waals surface area contributed by atoms with Crippen LogP contribution in [0, 0.1) is 13.8 Å². The molecule has 2 rings (SSSR count). The number of rotatable bonds is 5. The Morgan fingerprint density at radius 1 is 1.23 bits per heavy atom. The van der Waals surface area contributed by atoms with Crippen LogP contribution in [0.2, 0.25) is 0 Å². The lowest BCUT2D eigenvalue weighted by Gasteiger charge is -2.03. The molecule has 0 aliphatic heterocycles. The molecule has 0 aliphatic rings. The number of carbonyl (C=O) groups is 2. The van der Waals surface area contributed by atoms with Crippen LogP contribution in [-0.2, 0) is 9.59 Å². The summed E-state index contributed by atoms with van der Waals surface area (Å²) in [7, 11) is 0. The van der Waals surface area contributed by atoms with E-state index >= 15 is 0 Å². The zero-order valence-corrected chi connectivity index (χ0v) is 13.7. The summed E-state index contributed by atoms with van der Waals surface area (Å²) in [6.45, 7) is 5.89. The Morgan fingerprint density at radius 3 is 2.68 bits per heavy atom. The third kappa shape index (κ3) is 4.39. The van der Waals surface area contributed by atoms with E-state index in [2.05, 4.69) is 41.6 Å². The van der Waals surface area contributed by atoms with Crippen LogP contribution < -0.4 is 10.6 Å². The second kappa shape index (κ2) is 7.17. The molecule has 0 spiro atoms. The van der Waals surface area contributed by atoms with E-state index in [4.69, 9.17) is 0 Å². The van der Waals surface area contributed by atoms with Crippen LogP contribution in [0.4, 0.5) is 5.13 Å². The number of benzene rings is 1. The van der Waals surface area contributed by atoms with Crippen LogP contribution in [-0.4, -0.2) is 23.3 Å². The Morgan fingerprint density at radius 2 is 2.00 bits per heavy atom. The fourth-order valence-electron chi connectivity index (χ4n) is 1.90. The van der Waals surface area contributed by atoms with Crippen molar-refractivity contribution in [2.24, 2.45) is 0 Å². The van der Waals surface area contributed by atoms with Gasteiger partial charge in [0.25, 0.3) is 0 Å². The SMILES string of the molecule is CC(=O)NCCC(=O)Nc1nc(-c2ccc(C)c(C)c2)cs1. The fourth-order valence-corrected chi connectivity index (χ4v) is 2.63. The van der Waals surface area contributed by atoms with E-state index in [1.165, 1.54) is 29.4 Å². The minimum Gasteiger partial charge on any atom is -0.356 e. The van der Waals surface area contributed by atoms with Crippen molar-refractivity contribution in [3.8, 4) is 11.3 Å². The molecule has 0 aliphatic carbocycles. The van der Waals surface area contributed by atoms with Crippen molar-refractivity contribution in [2.45, 2.75) is 27.2 Å². The van der Waals surface area contributed by atoms with E-state index in [9.17, 15) is 9.59 Å². The number of aromatic nitrogens is 1. The molecule has 2 amide bonds. The number of hydrogen-bond acceptors (Lipinski definition) is 4. The van der Waals surface area contributed by atoms with Gasteiger partial charge in [0, 0.05) is 30.8 Å². The lowest BCUT2D eigenvalue weighted by molar-refractivity contribution is -0.119. The number of aryl methyl sites for hydroxylation is 2. The molecule has 1 aromatic carbocycles. The molecule has 0 bridgehead atoms. The Labute approximate surface area is 133 Å². The van der Waals surface area contributed by atoms with Crippen LogP contribution in [0.15, 0.2) is 23.6 Å². The number of nitrogens with one attached hydrogen (secondary N) is 2. The number of thiazole rings is 1. The first-order valence-electron chi connectivity index (χ1n) is 7.03. The molecule has 1 aromatic heterocycles. The molecule has 0 unspecified atom stereocenters. The van der Waals surface area contributed by atoms with Gasteiger partial charge in [-0.25, -0.2) is 4.98 Å². The Hall–Kier alpha value is -2.21. The van der Waals surface area contributed by atoms with Gasteiger partial charge in [0.05, 0.1) is 5.69 Å². The first kappa shape index (κ1) is 16.2. The van der Waals surface area contributed by atoms with Crippen molar-refractivity contribution >= 4 is 28.3 Å². The van der Waals surface area contributed by atoms with Gasteiger partial charge in [0.2, 0.25) is 11.8 Å². The summed E-state index contributed by atoms with van der Waals surface area (Å²) < 4.78 is 0. The summed E-state index contributed by atoms with van der Waals surface area (Å²) in [6.07, 6.45) is 0.234. The molecule has 22 heavy (non-hydrogen) atoms. The monoisotopic (exact) mass is 317 g/mol. The van der Waals surface area contributed by atoms with Gasteiger partial charge in [-0.2, -0.15) is 0 Å². The van der Waals surface area contributed by atoms with E-state index in [1.807, 2.05) is 11.4 Å². The quantitative estimate of drug-likeness (QED) is 0.891. The first-order valence-corrected chi connectivity index (χ1v) is 7.91. The van der Waals surface area contributed by atoms with Gasteiger partial charge in [0.15, 0.2) is 5.13 Å². The van der Waals surface area contributed by atoms with E-state index in [0.717, 1.165) is 11.3 Å². The number of carbonyl (C=O) groups excluding carboxylic acids is 2. The smallest absolute Gasteiger partial charge is 0.227 e. The van der Waals surface area contributed by atoms with Crippen molar-refractivity contribution in [1.82, 2.24) is 10.3 Å². The standard InChI is InChI=1S/C16H19N3O2S/c1-10-4-5-13(8-11(10)2)14-9-22-16(18-14)19-15(21)6-7-17-12(3)20/h4-5,8-9H,6-7H2,1-3H3,(H,17,20)(H,18,19,21). The van der Waals surface area contributed by atoms with Crippen LogP contribution in [0.25, 0.3) is 11.3 Å². The zero-order chi connectivity index (χ0) is 16.1. The highest BCUT2D eigenvalue weighted by Gasteiger charge is 2.08. The fraction of sp³-hybridized carbons (Fsp3) is 0.312. The molecule has 5 nitrogen and oxygen atoms in total. The Kier molecular flexibility index (Phi) is 5.27. The van der Waals surface area contributed by atoms with Crippen LogP contribution in [0.3, 0.4) is 0 Å². The van der Waals surface area contributed by atoms with Crippen molar-refractivity contribution in [1.29, 1.82) is 0 Å². The molecule has 0 radical (unpaired) electrons. The highest BCUT2D eigenvalue weighted by Crippen LogP contribution is 2.26. The molecule has 6 heteroatoms. The van der Waals surface area contributed by atoms with Gasteiger partial charge in [-0.15, -0.1) is 11.3 Å². The summed E-state index contributed by atoms with van der Waals surface area (Å²) in [5, 5.41) is 7.83. The molecule has 116 valence electrons. The minimum absolute atomic E-state index is 0.140. The summed E-state index contributed by atoms with van der Waals surface area (Å²) in [4.78, 5) is 26.9. The molecule has 0 atom stereocenters. The average Bonchev–Trinajstić information content (AvgIpc) is 2.90. The van der Waals surface area contributed by atoms with Crippen LogP contribution in [0.1, 0.15) is 24.5 Å². The summed E-state index contributed by atoms with van der Waals surface area (Å²) in [5.41, 5.74) is 4.35. The van der Waals surface area contributed by atoms with E-state index in [-0.39, 0.29) is 18.2 Å². The summed E-state index contributed by atoms with van der Waals surface area (Å²) >= 11 is 1.39. The van der Waals surface area contributed by atoms with Gasteiger partial charge in [-0.05, 0) is 31.0 Å². The second-order valence-corrected chi connectivity index (χ2v) is 5.98. The van der Waals surface area contributed by atoms with Crippen molar-refractivity contribution < 1.29 is 9.59 Å². The molecule has 0 fully saturated rings. The maximum absolute atomic E-state index is 11.7. The van der Waals surface area contributed by atoms with Gasteiger partial charge < -0.3 is 10.6 Å². The topological polar surface area (TPSA) is 71.1 Å². The van der Waals surface area contributed by atoms with E-state index in [0.29, 0.717) is 11.7 Å². The molecule has 0 saturated heterocycles. The van der Waals surface area contributed by atoms with Crippen molar-refractivity contribution in [3.63, 3.8) is 0 Å². The number of hydrogen-bond donors (Lipinski definition) is 2. The van der Waals surface area contributed by atoms with Gasteiger partial charge >= 0.3 is 0 Å². The van der Waals surface area contributed by atoms with Gasteiger partial charge in [0.1, 0.15) is 0 Å². The lowest BCUT2D eigenvalue weighted by Crippen LogP contribution is -2.25. The minimum atomic E-state index is -0.158. The Bertz CT molecular complexity index is 694. The molecule has 2 N–H and O–H groups in total. The van der Waals surface area contributed by atoms with Gasteiger partial charge in [-0.1, -0.05) is 12.1 Å². The average molecular weight is 317 g/mol. The number of nitrogens with zero attached hydrogens (tertiary/aromatic N) is 1. The van der Waals surface area contributed by atoms with E-state index < -0.39 is 0 Å². The highest BCUT2D eigenvalue weighted by atomic mass is 32.1. The zero-order valence-electron chi connectivity index (χ0n) is 12.9. The molecule has 0 saturated carbocycles. The third-order valence-electron chi connectivity index (χ3n) is 3.28. The summed E-state index contributed by atoms with van der Waals surface area (Å²) in [5.74, 6) is -0.297. The second-order valence-electron chi connectivity index (χ2n) is 5.12. The first-order chi connectivity index (χ1) is 10.5. The normalized spacial score (nSPS) is 10.3. The van der Waals surface area contributed by atoms with Crippen molar-refractivity contribution in [3.05, 3.63) is 34.7 Å². The predicted octanol–water partition coefficient (Wildman–Crippen LogP) is 2.89.